The van der Waals surface area contributed by atoms with E-state index in [2.05, 4.69) is 41.9 Å². The summed E-state index contributed by atoms with van der Waals surface area (Å²) >= 11 is 0. The van der Waals surface area contributed by atoms with Gasteiger partial charge in [0, 0.05) is 12.6 Å². The average molecular weight is 644 g/mol. The lowest BCUT2D eigenvalue weighted by Gasteiger charge is -2.37. The van der Waals surface area contributed by atoms with Crippen LogP contribution in [0.4, 0.5) is 0 Å². The monoisotopic (exact) mass is 643 g/mol. The zero-order chi connectivity index (χ0) is 33.8. The minimum Gasteiger partial charge on any atom is -0.347 e. The third-order valence-corrected chi connectivity index (χ3v) is 9.16. The lowest BCUT2D eigenvalue weighted by atomic mass is 9.85. The first-order valence-electron chi connectivity index (χ1n) is 16.5. The van der Waals surface area contributed by atoms with Crippen LogP contribution < -0.4 is 21.3 Å². The van der Waals surface area contributed by atoms with Crippen LogP contribution in [0.5, 0.6) is 0 Å². The zero-order valence-electron chi connectivity index (χ0n) is 27.7. The van der Waals surface area contributed by atoms with Crippen LogP contribution in [0.3, 0.4) is 0 Å². The van der Waals surface area contributed by atoms with Crippen LogP contribution in [0.1, 0.15) is 92.3 Å². The SMILES string of the molecule is CCC[C@H](NC(=O)[C@@H]1C2CCCC2CN1C(=O)[C@@H](NC(=O)[C@@H](NC(=O)Cc1nn[nH]n1)C(C)C)C(C)(C)C)C(=O)C(=O)NC1CC1. The molecule has 1 aromatic rings. The number of Topliss-reactive ketones (excluding diaryl/α,β-unsaturated/α-hetero) is 1. The van der Waals surface area contributed by atoms with Crippen molar-refractivity contribution >= 4 is 35.3 Å². The first kappa shape index (κ1) is 35.0. The number of amides is 5. The van der Waals surface area contributed by atoms with Gasteiger partial charge in [-0.1, -0.05) is 59.6 Å². The molecule has 0 radical (unpaired) electrons. The molecule has 6 atom stereocenters. The van der Waals surface area contributed by atoms with E-state index in [0.717, 1.165) is 32.1 Å². The van der Waals surface area contributed by atoms with Gasteiger partial charge in [0.2, 0.25) is 29.4 Å². The number of rotatable bonds is 14. The van der Waals surface area contributed by atoms with Crippen molar-refractivity contribution in [3.05, 3.63) is 5.82 Å². The molecule has 3 fully saturated rings. The Balaban J connectivity index is 1.51. The number of aromatic amines is 1. The lowest BCUT2D eigenvalue weighted by molar-refractivity contribution is -0.146. The van der Waals surface area contributed by atoms with Crippen molar-refractivity contribution in [2.45, 2.75) is 123 Å². The number of nitrogens with one attached hydrogen (secondary N) is 5. The van der Waals surface area contributed by atoms with E-state index in [0.29, 0.717) is 19.4 Å². The van der Waals surface area contributed by atoms with E-state index in [4.69, 9.17) is 0 Å². The Morgan fingerprint density at radius 3 is 2.30 bits per heavy atom. The molecule has 4 rings (SSSR count). The van der Waals surface area contributed by atoms with Gasteiger partial charge in [0.05, 0.1) is 12.5 Å². The summed E-state index contributed by atoms with van der Waals surface area (Å²) in [5.41, 5.74) is -0.747. The first-order valence-corrected chi connectivity index (χ1v) is 16.5. The smallest absolute Gasteiger partial charge is 0.289 e. The molecular formula is C31H49N9O6. The molecular weight excluding hydrogens is 594 g/mol. The Labute approximate surface area is 269 Å². The average Bonchev–Trinajstić information content (AvgIpc) is 3.32. The molecule has 1 aromatic heterocycles. The van der Waals surface area contributed by atoms with Crippen molar-refractivity contribution in [2.75, 3.05) is 6.54 Å². The molecule has 1 aliphatic heterocycles. The maximum atomic E-state index is 14.4. The number of likely N-dealkylation sites (tertiary alicyclic amines) is 1. The van der Waals surface area contributed by atoms with Crippen LogP contribution in [-0.4, -0.2) is 97.6 Å². The Morgan fingerprint density at radius 1 is 1.00 bits per heavy atom. The second kappa shape index (κ2) is 14.7. The fourth-order valence-electron chi connectivity index (χ4n) is 6.53. The number of nitrogens with zero attached hydrogens (tertiary/aromatic N) is 4. The highest BCUT2D eigenvalue weighted by atomic mass is 16.2. The fraction of sp³-hybridized carbons (Fsp3) is 0.774. The largest absolute Gasteiger partial charge is 0.347 e. The molecule has 2 unspecified atom stereocenters. The predicted molar refractivity (Wildman–Crippen MR) is 165 cm³/mol. The summed E-state index contributed by atoms with van der Waals surface area (Å²) in [6, 6.07) is -3.78. The van der Waals surface area contributed by atoms with E-state index in [1.165, 1.54) is 0 Å². The highest BCUT2D eigenvalue weighted by Gasteiger charge is 2.52. The van der Waals surface area contributed by atoms with Gasteiger partial charge in [0.15, 0.2) is 5.82 Å². The lowest BCUT2D eigenvalue weighted by Crippen LogP contribution is -2.62. The van der Waals surface area contributed by atoms with Crippen LogP contribution >= 0.6 is 0 Å². The molecule has 3 aliphatic rings. The second-order valence-corrected chi connectivity index (χ2v) is 14.4. The number of hydrogen-bond acceptors (Lipinski definition) is 9. The van der Waals surface area contributed by atoms with Crippen LogP contribution in [0.2, 0.25) is 0 Å². The van der Waals surface area contributed by atoms with Crippen molar-refractivity contribution in [1.29, 1.82) is 0 Å². The standard InChI is InChI=1S/C31H49N9O6/c1-7-9-20(25(42)29(45)32-18-12-13-18)33-28(44)24-19-11-8-10-17(19)15-40(24)30(46)26(31(4,5)6)35-27(43)23(16(2)3)34-22(41)14-21-36-38-39-37-21/h16-20,23-24,26H,7-15H2,1-6H3,(H,32,45)(H,33,44)(H,34,41)(H,35,43)(H,36,37,38,39)/t17?,19?,20-,23-,24-,26+/m0/s1. The molecule has 1 saturated heterocycles. The van der Waals surface area contributed by atoms with Crippen LogP contribution in [0, 0.1) is 23.2 Å². The van der Waals surface area contributed by atoms with Crippen molar-refractivity contribution < 1.29 is 28.8 Å². The topological polar surface area (TPSA) is 208 Å². The van der Waals surface area contributed by atoms with E-state index in [-0.39, 0.29) is 36.0 Å². The highest BCUT2D eigenvalue weighted by molar-refractivity contribution is 6.38. The van der Waals surface area contributed by atoms with Gasteiger partial charge in [-0.3, -0.25) is 28.8 Å². The number of carbonyl (C=O) groups is 6. The Bertz CT molecular complexity index is 1290. The van der Waals surface area contributed by atoms with Crippen molar-refractivity contribution in [3.63, 3.8) is 0 Å². The summed E-state index contributed by atoms with van der Waals surface area (Å²) in [5, 5.41) is 24.4. The molecule has 254 valence electrons. The molecule has 5 amide bonds. The van der Waals surface area contributed by atoms with E-state index >= 15 is 0 Å². The third kappa shape index (κ3) is 8.46. The van der Waals surface area contributed by atoms with Gasteiger partial charge in [0.1, 0.15) is 18.1 Å². The predicted octanol–water partition coefficient (Wildman–Crippen LogP) is 0.174. The molecule has 0 bridgehead atoms. The Kier molecular flexibility index (Phi) is 11.1. The van der Waals surface area contributed by atoms with Crippen LogP contribution in [-0.2, 0) is 35.2 Å². The van der Waals surface area contributed by atoms with Crippen molar-refractivity contribution in [3.8, 4) is 0 Å². The van der Waals surface area contributed by atoms with Crippen LogP contribution in [0.15, 0.2) is 0 Å². The Morgan fingerprint density at radius 2 is 1.72 bits per heavy atom. The number of fused-ring (bicyclic) bond motifs is 1. The molecule has 15 heteroatoms. The summed E-state index contributed by atoms with van der Waals surface area (Å²) < 4.78 is 0. The van der Waals surface area contributed by atoms with E-state index in [1.54, 1.807) is 18.7 Å². The molecule has 2 heterocycles. The quantitative estimate of drug-likeness (QED) is 0.175. The summed E-state index contributed by atoms with van der Waals surface area (Å²) in [7, 11) is 0. The molecule has 0 aromatic carbocycles. The van der Waals surface area contributed by atoms with Crippen molar-refractivity contribution in [1.82, 2.24) is 46.8 Å². The summed E-state index contributed by atoms with van der Waals surface area (Å²) in [5.74, 6) is -3.34. The maximum absolute atomic E-state index is 14.4. The molecule has 2 aliphatic carbocycles. The van der Waals surface area contributed by atoms with Gasteiger partial charge >= 0.3 is 0 Å². The van der Waals surface area contributed by atoms with Gasteiger partial charge in [0.25, 0.3) is 5.91 Å². The second-order valence-electron chi connectivity index (χ2n) is 14.4. The van der Waals surface area contributed by atoms with E-state index < -0.39 is 64.9 Å². The third-order valence-electron chi connectivity index (χ3n) is 9.16. The van der Waals surface area contributed by atoms with Crippen LogP contribution in [0.25, 0.3) is 0 Å². The molecule has 46 heavy (non-hydrogen) atoms. The van der Waals surface area contributed by atoms with Gasteiger partial charge in [-0.2, -0.15) is 5.21 Å². The molecule has 0 spiro atoms. The number of aromatic nitrogens is 4. The molecule has 2 saturated carbocycles. The van der Waals surface area contributed by atoms with Gasteiger partial charge in [-0.25, -0.2) is 0 Å². The first-order chi connectivity index (χ1) is 21.7. The number of carbonyl (C=O) groups excluding carboxylic acids is 6. The number of H-pyrrole nitrogens is 1. The van der Waals surface area contributed by atoms with E-state index in [9.17, 15) is 28.8 Å². The van der Waals surface area contributed by atoms with E-state index in [1.807, 2.05) is 27.7 Å². The minimum absolute atomic E-state index is 0.00948. The minimum atomic E-state index is -1.01. The van der Waals surface area contributed by atoms with Gasteiger partial charge in [-0.05, 0) is 55.3 Å². The van der Waals surface area contributed by atoms with Crippen molar-refractivity contribution in [2.24, 2.45) is 23.2 Å². The summed E-state index contributed by atoms with van der Waals surface area (Å²) in [4.78, 5) is 81.8. The fourth-order valence-corrected chi connectivity index (χ4v) is 6.53. The summed E-state index contributed by atoms with van der Waals surface area (Å²) in [6.07, 6.45) is 4.93. The molecule has 15 nitrogen and oxygen atoms in total. The molecule has 5 N–H and O–H groups in total. The highest BCUT2D eigenvalue weighted by Crippen LogP contribution is 2.43. The number of tetrazole rings is 1. The normalized spacial score (nSPS) is 22.8. The summed E-state index contributed by atoms with van der Waals surface area (Å²) in [6.45, 7) is 11.3. The Hall–Kier alpha value is -3.91. The number of hydrogen-bond donors (Lipinski definition) is 5. The number of ketones is 1. The van der Waals surface area contributed by atoms with Gasteiger partial charge in [-0.15, -0.1) is 10.2 Å². The zero-order valence-corrected chi connectivity index (χ0v) is 27.7. The van der Waals surface area contributed by atoms with Gasteiger partial charge < -0.3 is 26.2 Å². The maximum Gasteiger partial charge on any atom is 0.289 e.